The zero-order valence-electron chi connectivity index (χ0n) is 8.85. The average molecular weight is 228 g/mol. The molecule has 0 heterocycles. The van der Waals surface area contributed by atoms with Crippen LogP contribution in [-0.4, -0.2) is 5.12 Å². The minimum Gasteiger partial charge on any atom is -0.282 e. The topological polar surface area (TPSA) is 17.1 Å². The molecule has 0 unspecified atom stereocenters. The molecule has 0 amide bonds. The molecule has 2 aromatic rings. The molecule has 0 saturated carbocycles. The first kappa shape index (κ1) is 11.0. The fourth-order valence-electron chi connectivity index (χ4n) is 1.63. The Labute approximate surface area is 99.2 Å². The van der Waals surface area contributed by atoms with Crippen molar-refractivity contribution in [2.24, 2.45) is 0 Å². The molecule has 2 heteroatoms. The molecule has 16 heavy (non-hydrogen) atoms. The monoisotopic (exact) mass is 228 g/mol. The van der Waals surface area contributed by atoms with Crippen molar-refractivity contribution in [1.29, 1.82) is 0 Å². The maximum Gasteiger partial charge on any atom is 0.211 e. The minimum atomic E-state index is 0.0212. The fourth-order valence-corrected chi connectivity index (χ4v) is 2.29. The lowest BCUT2D eigenvalue weighted by molar-refractivity contribution is -0.107. The van der Waals surface area contributed by atoms with Gasteiger partial charge in [0.25, 0.3) is 0 Å². The first-order chi connectivity index (χ1) is 7.81. The first-order valence-corrected chi connectivity index (χ1v) is 6.05. The van der Waals surface area contributed by atoms with Gasteiger partial charge in [0.15, 0.2) is 0 Å². The fraction of sp³-hybridized carbons (Fsp3) is 0.0714. The number of rotatable bonds is 3. The molecule has 0 aliphatic rings. The second-order valence-electron chi connectivity index (χ2n) is 3.45. The summed E-state index contributed by atoms with van der Waals surface area (Å²) in [5, 5.41) is 2.45. The van der Waals surface area contributed by atoms with Crippen molar-refractivity contribution >= 4 is 27.6 Å². The van der Waals surface area contributed by atoms with E-state index >= 15 is 0 Å². The van der Waals surface area contributed by atoms with Gasteiger partial charge in [-0.25, -0.2) is 0 Å². The van der Waals surface area contributed by atoms with E-state index in [1.165, 1.54) is 34.2 Å². The van der Waals surface area contributed by atoms with Crippen LogP contribution in [0.3, 0.4) is 0 Å². The molecule has 0 spiro atoms. The van der Waals surface area contributed by atoms with E-state index in [1.54, 1.807) is 0 Å². The zero-order chi connectivity index (χ0) is 11.4. The molecule has 0 atom stereocenters. The SMILES string of the molecule is C=CC(=O)SCc1cccc2ccccc12. The second kappa shape index (κ2) is 4.99. The Balaban J connectivity index is 2.30. The number of carbonyl (C=O) groups is 1. The van der Waals surface area contributed by atoms with Crippen molar-refractivity contribution in [3.63, 3.8) is 0 Å². The van der Waals surface area contributed by atoms with Crippen molar-refractivity contribution in [1.82, 2.24) is 0 Å². The summed E-state index contributed by atoms with van der Waals surface area (Å²) in [4.78, 5) is 11.2. The van der Waals surface area contributed by atoms with Crippen molar-refractivity contribution in [2.75, 3.05) is 0 Å². The Morgan fingerprint density at radius 3 is 2.75 bits per heavy atom. The molecule has 2 rings (SSSR count). The summed E-state index contributed by atoms with van der Waals surface area (Å²) in [6.45, 7) is 3.46. The van der Waals surface area contributed by atoms with Gasteiger partial charge < -0.3 is 0 Å². The number of hydrogen-bond acceptors (Lipinski definition) is 2. The number of thioether (sulfide) groups is 1. The van der Waals surface area contributed by atoms with Gasteiger partial charge in [0.05, 0.1) is 0 Å². The van der Waals surface area contributed by atoms with Crippen LogP contribution in [0.4, 0.5) is 0 Å². The predicted octanol–water partition coefficient (Wildman–Crippen LogP) is 3.79. The lowest BCUT2D eigenvalue weighted by atomic mass is 10.1. The van der Waals surface area contributed by atoms with Crippen molar-refractivity contribution in [3.8, 4) is 0 Å². The Bertz CT molecular complexity index is 526. The quantitative estimate of drug-likeness (QED) is 0.743. The molecular weight excluding hydrogens is 216 g/mol. The standard InChI is InChI=1S/C14H12OS/c1-2-14(15)16-10-12-8-5-7-11-6-3-4-9-13(11)12/h2-9H,1,10H2. The third-order valence-electron chi connectivity index (χ3n) is 2.42. The van der Waals surface area contributed by atoms with Crippen LogP contribution >= 0.6 is 11.8 Å². The van der Waals surface area contributed by atoms with Crippen LogP contribution in [0.15, 0.2) is 55.1 Å². The molecule has 0 aliphatic carbocycles. The normalized spacial score (nSPS) is 10.2. The maximum absolute atomic E-state index is 11.2. The summed E-state index contributed by atoms with van der Waals surface area (Å²) in [7, 11) is 0. The Kier molecular flexibility index (Phi) is 3.42. The van der Waals surface area contributed by atoms with E-state index in [-0.39, 0.29) is 5.12 Å². The maximum atomic E-state index is 11.2. The molecule has 0 fully saturated rings. The van der Waals surface area contributed by atoms with E-state index in [2.05, 4.69) is 30.8 Å². The Morgan fingerprint density at radius 2 is 1.94 bits per heavy atom. The highest BCUT2D eigenvalue weighted by molar-refractivity contribution is 8.13. The number of fused-ring (bicyclic) bond motifs is 1. The predicted molar refractivity (Wildman–Crippen MR) is 70.4 cm³/mol. The lowest BCUT2D eigenvalue weighted by Crippen LogP contribution is -1.88. The van der Waals surface area contributed by atoms with E-state index in [0.29, 0.717) is 5.75 Å². The van der Waals surface area contributed by atoms with Crippen LogP contribution in [0.25, 0.3) is 10.8 Å². The molecule has 80 valence electrons. The van der Waals surface area contributed by atoms with Gasteiger partial charge in [-0.1, -0.05) is 60.8 Å². The van der Waals surface area contributed by atoms with Gasteiger partial charge in [0, 0.05) is 5.75 Å². The Hall–Kier alpha value is -1.54. The highest BCUT2D eigenvalue weighted by atomic mass is 32.2. The molecule has 0 bridgehead atoms. The van der Waals surface area contributed by atoms with E-state index in [0.717, 1.165) is 0 Å². The zero-order valence-corrected chi connectivity index (χ0v) is 9.67. The summed E-state index contributed by atoms with van der Waals surface area (Å²) in [6.07, 6.45) is 1.36. The van der Waals surface area contributed by atoms with Gasteiger partial charge in [0.1, 0.15) is 0 Å². The number of carbonyl (C=O) groups excluding carboxylic acids is 1. The largest absolute Gasteiger partial charge is 0.282 e. The van der Waals surface area contributed by atoms with Crippen LogP contribution < -0.4 is 0 Å². The van der Waals surface area contributed by atoms with Gasteiger partial charge in [-0.15, -0.1) is 0 Å². The summed E-state index contributed by atoms with van der Waals surface area (Å²) in [5.74, 6) is 0.701. The van der Waals surface area contributed by atoms with E-state index in [4.69, 9.17) is 0 Å². The van der Waals surface area contributed by atoms with E-state index in [9.17, 15) is 4.79 Å². The van der Waals surface area contributed by atoms with Gasteiger partial charge >= 0.3 is 0 Å². The third-order valence-corrected chi connectivity index (χ3v) is 3.32. The van der Waals surface area contributed by atoms with Crippen molar-refractivity contribution in [2.45, 2.75) is 5.75 Å². The highest BCUT2D eigenvalue weighted by Gasteiger charge is 2.02. The van der Waals surface area contributed by atoms with Crippen molar-refractivity contribution < 1.29 is 4.79 Å². The molecule has 0 N–H and O–H groups in total. The molecule has 1 nitrogen and oxygen atoms in total. The van der Waals surface area contributed by atoms with Crippen LogP contribution in [0.2, 0.25) is 0 Å². The summed E-state index contributed by atoms with van der Waals surface area (Å²) >= 11 is 1.29. The second-order valence-corrected chi connectivity index (χ2v) is 4.43. The molecule has 0 saturated heterocycles. The summed E-state index contributed by atoms with van der Waals surface area (Å²) in [5.41, 5.74) is 1.19. The molecular formula is C14H12OS. The lowest BCUT2D eigenvalue weighted by Gasteiger charge is -2.04. The molecule has 0 radical (unpaired) electrons. The third kappa shape index (κ3) is 2.34. The van der Waals surface area contributed by atoms with Crippen LogP contribution in [0, 0.1) is 0 Å². The van der Waals surface area contributed by atoms with Crippen LogP contribution in [0.5, 0.6) is 0 Å². The van der Waals surface area contributed by atoms with Gasteiger partial charge in [-0.05, 0) is 22.4 Å². The molecule has 2 aromatic carbocycles. The van der Waals surface area contributed by atoms with Gasteiger partial charge in [-0.2, -0.15) is 0 Å². The summed E-state index contributed by atoms with van der Waals surface area (Å²) < 4.78 is 0. The van der Waals surface area contributed by atoms with E-state index in [1.807, 2.05) is 18.2 Å². The average Bonchev–Trinajstić information content (AvgIpc) is 2.35. The van der Waals surface area contributed by atoms with E-state index < -0.39 is 0 Å². The van der Waals surface area contributed by atoms with Crippen molar-refractivity contribution in [3.05, 3.63) is 60.7 Å². The summed E-state index contributed by atoms with van der Waals surface area (Å²) in [6, 6.07) is 14.4. The highest BCUT2D eigenvalue weighted by Crippen LogP contribution is 2.22. The first-order valence-electron chi connectivity index (χ1n) is 5.07. The molecule has 0 aliphatic heterocycles. The Morgan fingerprint density at radius 1 is 1.19 bits per heavy atom. The smallest absolute Gasteiger partial charge is 0.211 e. The number of hydrogen-bond donors (Lipinski definition) is 0. The van der Waals surface area contributed by atoms with Crippen LogP contribution in [0.1, 0.15) is 5.56 Å². The van der Waals surface area contributed by atoms with Crippen LogP contribution in [-0.2, 0) is 10.5 Å². The number of benzene rings is 2. The van der Waals surface area contributed by atoms with Gasteiger partial charge in [-0.3, -0.25) is 4.79 Å². The van der Waals surface area contributed by atoms with Gasteiger partial charge in [0.2, 0.25) is 5.12 Å². The molecule has 0 aromatic heterocycles. The minimum absolute atomic E-state index is 0.0212.